The van der Waals surface area contributed by atoms with Crippen molar-refractivity contribution in [2.75, 3.05) is 6.61 Å². The van der Waals surface area contributed by atoms with Crippen LogP contribution in [0.15, 0.2) is 36.5 Å². The summed E-state index contributed by atoms with van der Waals surface area (Å²) in [5.74, 6) is -0.158. The van der Waals surface area contributed by atoms with Crippen molar-refractivity contribution >= 4 is 5.91 Å². The van der Waals surface area contributed by atoms with Crippen LogP contribution < -0.4 is 5.32 Å². The number of nitrogens with one attached hydrogen (secondary N) is 1. The van der Waals surface area contributed by atoms with Crippen LogP contribution in [0.25, 0.3) is 0 Å². The normalized spacial score (nSPS) is 13.6. The fourth-order valence-electron chi connectivity index (χ4n) is 8.71. The lowest BCUT2D eigenvalue weighted by Crippen LogP contribution is -2.50. The molecule has 62 heavy (non-hydrogen) atoms. The van der Waals surface area contributed by atoms with E-state index in [1.54, 1.807) is 0 Å². The van der Waals surface area contributed by atoms with E-state index in [1.807, 2.05) is 0 Å². The molecule has 0 aromatic carbocycles. The Hall–Kier alpha value is -1.43. The Labute approximate surface area is 387 Å². The van der Waals surface area contributed by atoms with E-state index < -0.39 is 18.2 Å². The van der Waals surface area contributed by atoms with Crippen LogP contribution in [0.3, 0.4) is 0 Å². The van der Waals surface area contributed by atoms with Crippen molar-refractivity contribution in [3.8, 4) is 0 Å². The second-order valence-corrected chi connectivity index (χ2v) is 19.1. The van der Waals surface area contributed by atoms with Gasteiger partial charge in [-0.25, -0.2) is 0 Å². The summed E-state index contributed by atoms with van der Waals surface area (Å²) in [6.45, 7) is 4.05. The molecule has 0 fully saturated rings. The van der Waals surface area contributed by atoms with Crippen molar-refractivity contribution in [2.45, 2.75) is 315 Å². The van der Waals surface area contributed by atoms with Crippen LogP contribution in [-0.2, 0) is 4.79 Å². The van der Waals surface area contributed by atoms with Crippen molar-refractivity contribution in [2.24, 2.45) is 0 Å². The molecule has 0 aliphatic rings. The van der Waals surface area contributed by atoms with Gasteiger partial charge in [0.1, 0.15) is 6.10 Å². The van der Waals surface area contributed by atoms with Crippen molar-refractivity contribution in [1.29, 1.82) is 0 Å². The van der Waals surface area contributed by atoms with Gasteiger partial charge in [-0.05, 0) is 70.6 Å². The Balaban J connectivity index is 3.40. The van der Waals surface area contributed by atoms with Gasteiger partial charge in [-0.3, -0.25) is 4.79 Å². The number of hydrogen-bond acceptors (Lipinski definition) is 4. The Morgan fingerprint density at radius 3 is 1.06 bits per heavy atom. The molecule has 0 heterocycles. The van der Waals surface area contributed by atoms with Gasteiger partial charge in [0.25, 0.3) is 0 Å². The quantitative estimate of drug-likeness (QED) is 0.0362. The first-order chi connectivity index (χ1) is 30.6. The Morgan fingerprint density at radius 1 is 0.403 bits per heavy atom. The van der Waals surface area contributed by atoms with Crippen molar-refractivity contribution in [3.05, 3.63) is 36.5 Å². The van der Waals surface area contributed by atoms with Gasteiger partial charge < -0.3 is 20.6 Å². The van der Waals surface area contributed by atoms with Gasteiger partial charge in [0.05, 0.1) is 18.8 Å². The Morgan fingerprint density at radius 2 is 0.710 bits per heavy atom. The Bertz CT molecular complexity index is 962. The molecule has 3 atom stereocenters. The lowest BCUT2D eigenvalue weighted by atomic mass is 10.0. The minimum atomic E-state index is -1.16. The average molecular weight is 873 g/mol. The first kappa shape index (κ1) is 60.6. The maximum atomic E-state index is 12.4. The van der Waals surface area contributed by atoms with Gasteiger partial charge in [-0.2, -0.15) is 0 Å². The average Bonchev–Trinajstić information content (AvgIpc) is 3.28. The molecule has 0 aliphatic carbocycles. The fourth-order valence-corrected chi connectivity index (χ4v) is 8.71. The van der Waals surface area contributed by atoms with E-state index in [0.717, 1.165) is 51.4 Å². The molecule has 0 radical (unpaired) electrons. The second kappa shape index (κ2) is 52.2. The molecule has 4 N–H and O–H groups in total. The predicted octanol–water partition coefficient (Wildman–Crippen LogP) is 17.1. The largest absolute Gasteiger partial charge is 0.394 e. The minimum Gasteiger partial charge on any atom is -0.394 e. The number of aliphatic hydroxyl groups is 3. The lowest BCUT2D eigenvalue weighted by Gasteiger charge is -2.26. The van der Waals surface area contributed by atoms with E-state index in [9.17, 15) is 20.1 Å². The molecule has 5 nitrogen and oxygen atoms in total. The van der Waals surface area contributed by atoms with Crippen molar-refractivity contribution in [3.63, 3.8) is 0 Å². The standard InChI is InChI=1S/C57H109NO4/c1-3-5-7-9-11-13-14-15-16-17-18-19-20-21-22-23-24-25-26-27-28-29-30-31-32-33-34-35-36-37-38-39-40-41-42-44-46-48-50-52-56(61)58-54(53-59)57(62)55(60)51-49-47-45-43-12-10-8-6-4-2/h6,8,27-28,43,45,54-55,57,59-60,62H,3-5,7,9-26,29-42,44,46-53H2,1-2H3,(H,58,61)/b8-6+,28-27-,45-43+. The minimum absolute atomic E-state index is 0.158. The van der Waals surface area contributed by atoms with E-state index in [2.05, 4.69) is 55.6 Å². The molecular formula is C57H109NO4. The predicted molar refractivity (Wildman–Crippen MR) is 273 cm³/mol. The van der Waals surface area contributed by atoms with Crippen LogP contribution in [0.2, 0.25) is 0 Å². The fraction of sp³-hybridized carbons (Fsp3) is 0.877. The third-order valence-corrected chi connectivity index (χ3v) is 13.0. The molecule has 366 valence electrons. The van der Waals surface area contributed by atoms with Crippen LogP contribution in [0.1, 0.15) is 296 Å². The van der Waals surface area contributed by atoms with Gasteiger partial charge in [0.2, 0.25) is 5.91 Å². The maximum Gasteiger partial charge on any atom is 0.220 e. The van der Waals surface area contributed by atoms with E-state index in [0.29, 0.717) is 12.8 Å². The van der Waals surface area contributed by atoms with Gasteiger partial charge in [0.15, 0.2) is 0 Å². The highest BCUT2D eigenvalue weighted by Gasteiger charge is 2.26. The highest BCUT2D eigenvalue weighted by atomic mass is 16.3. The van der Waals surface area contributed by atoms with Crippen LogP contribution in [0, 0.1) is 0 Å². The molecule has 1 amide bonds. The first-order valence-corrected chi connectivity index (χ1v) is 27.8. The molecule has 0 aromatic rings. The van der Waals surface area contributed by atoms with Gasteiger partial charge in [0, 0.05) is 6.42 Å². The van der Waals surface area contributed by atoms with Crippen LogP contribution in [0.5, 0.6) is 0 Å². The van der Waals surface area contributed by atoms with E-state index in [-0.39, 0.29) is 12.5 Å². The summed E-state index contributed by atoms with van der Waals surface area (Å²) in [6.07, 6.45) is 67.8. The van der Waals surface area contributed by atoms with Gasteiger partial charge in [-0.1, -0.05) is 256 Å². The first-order valence-electron chi connectivity index (χ1n) is 27.8. The number of aliphatic hydroxyl groups excluding tert-OH is 3. The van der Waals surface area contributed by atoms with Crippen molar-refractivity contribution < 1.29 is 20.1 Å². The molecule has 3 unspecified atom stereocenters. The second-order valence-electron chi connectivity index (χ2n) is 19.1. The van der Waals surface area contributed by atoms with Crippen LogP contribution in [0.4, 0.5) is 0 Å². The maximum absolute atomic E-state index is 12.4. The number of hydrogen-bond donors (Lipinski definition) is 4. The zero-order chi connectivity index (χ0) is 45.1. The molecule has 0 aromatic heterocycles. The monoisotopic (exact) mass is 872 g/mol. The van der Waals surface area contributed by atoms with E-state index in [1.165, 1.54) is 218 Å². The van der Waals surface area contributed by atoms with Crippen molar-refractivity contribution in [1.82, 2.24) is 5.32 Å². The van der Waals surface area contributed by atoms with Crippen LogP contribution >= 0.6 is 0 Å². The van der Waals surface area contributed by atoms with Gasteiger partial charge >= 0.3 is 0 Å². The highest BCUT2D eigenvalue weighted by Crippen LogP contribution is 2.17. The summed E-state index contributed by atoms with van der Waals surface area (Å²) >= 11 is 0. The molecule has 0 rings (SSSR count). The molecule has 0 aliphatic heterocycles. The number of carbonyl (C=O) groups excluding carboxylic acids is 1. The lowest BCUT2D eigenvalue weighted by molar-refractivity contribution is -0.124. The smallest absolute Gasteiger partial charge is 0.220 e. The van der Waals surface area contributed by atoms with Crippen LogP contribution in [-0.4, -0.2) is 46.1 Å². The van der Waals surface area contributed by atoms with E-state index in [4.69, 9.17) is 0 Å². The summed E-state index contributed by atoms with van der Waals surface area (Å²) in [5.41, 5.74) is 0. The summed E-state index contributed by atoms with van der Waals surface area (Å²) in [6, 6.07) is -0.830. The topological polar surface area (TPSA) is 89.8 Å². The zero-order valence-electron chi connectivity index (χ0n) is 41.8. The molecule has 0 spiro atoms. The zero-order valence-corrected chi connectivity index (χ0v) is 41.8. The summed E-state index contributed by atoms with van der Waals surface area (Å²) < 4.78 is 0. The Kier molecular flexibility index (Phi) is 51.0. The number of rotatable bonds is 51. The summed E-state index contributed by atoms with van der Waals surface area (Å²) in [4.78, 5) is 12.4. The number of amides is 1. The molecule has 0 bridgehead atoms. The van der Waals surface area contributed by atoms with Gasteiger partial charge in [-0.15, -0.1) is 0 Å². The third kappa shape index (κ3) is 46.6. The number of allylic oxidation sites excluding steroid dienone is 6. The highest BCUT2D eigenvalue weighted by molar-refractivity contribution is 5.76. The molecule has 0 saturated heterocycles. The third-order valence-electron chi connectivity index (χ3n) is 13.0. The van der Waals surface area contributed by atoms with E-state index >= 15 is 0 Å². The molecule has 5 heteroatoms. The SMILES string of the molecule is CC/C=C/CC/C=C/CCCC(O)C(O)C(CO)NC(=O)CCCCCCCCCCCCCCCCCCC/C=C\CCCCCCCCCCCCCCCCCCCC. The number of carbonyl (C=O) groups is 1. The number of unbranched alkanes of at least 4 members (excludes halogenated alkanes) is 37. The molecule has 0 saturated carbocycles. The summed E-state index contributed by atoms with van der Waals surface area (Å²) in [7, 11) is 0. The summed E-state index contributed by atoms with van der Waals surface area (Å²) in [5, 5.41) is 33.4. The molecular weight excluding hydrogens is 763 g/mol.